The van der Waals surface area contributed by atoms with E-state index in [0.29, 0.717) is 19.5 Å². The number of nitrogens with zero attached hydrogens (tertiary/aromatic N) is 1. The summed E-state index contributed by atoms with van der Waals surface area (Å²) in [5.74, 6) is 0. The van der Waals surface area contributed by atoms with Crippen LogP contribution in [-0.2, 0) is 14.9 Å². The maximum Gasteiger partial charge on any atom is 0.762 e. The first-order chi connectivity index (χ1) is 9.95. The van der Waals surface area contributed by atoms with Crippen molar-refractivity contribution in [2.75, 3.05) is 20.2 Å². The third kappa shape index (κ3) is 4.51. The molecule has 0 aliphatic carbocycles. The van der Waals surface area contributed by atoms with Gasteiger partial charge in [0.05, 0.1) is 12.5 Å². The molecule has 0 radical (unpaired) electrons. The van der Waals surface area contributed by atoms with Gasteiger partial charge in [0.25, 0.3) is 0 Å². The Bertz CT molecular complexity index is 472. The number of carbonyl (C=O) groups excluding carboxylic acids is 2. The molecule has 1 aromatic rings. The Morgan fingerprint density at radius 3 is 2.38 bits per heavy atom. The number of amides is 1. The van der Waals surface area contributed by atoms with Gasteiger partial charge in [-0.25, -0.2) is 4.79 Å². The lowest BCUT2D eigenvalue weighted by molar-refractivity contribution is -0.112. The van der Waals surface area contributed by atoms with Gasteiger partial charge in [0.15, 0.2) is 0 Å². The average Bonchev–Trinajstić information content (AvgIpc) is 2.92. The van der Waals surface area contributed by atoms with Crippen molar-refractivity contribution in [3.8, 4) is 0 Å². The predicted molar refractivity (Wildman–Crippen MR) is 71.9 cm³/mol. The van der Waals surface area contributed by atoms with Crippen LogP contribution in [0.2, 0.25) is 0 Å². The first-order valence-electron chi connectivity index (χ1n) is 6.22. The van der Waals surface area contributed by atoms with Crippen LogP contribution in [0.25, 0.3) is 0 Å². The Morgan fingerprint density at radius 1 is 1.33 bits per heavy atom. The number of halogens is 3. The molecule has 0 saturated carbocycles. The van der Waals surface area contributed by atoms with Crippen molar-refractivity contribution in [1.82, 2.24) is 4.90 Å². The monoisotopic (exact) mass is 301 g/mol. The van der Waals surface area contributed by atoms with Gasteiger partial charge in [0, 0.05) is 13.1 Å². The van der Waals surface area contributed by atoms with Crippen molar-refractivity contribution in [2.24, 2.45) is 0 Å². The van der Waals surface area contributed by atoms with Gasteiger partial charge in [-0.15, -0.1) is 0 Å². The summed E-state index contributed by atoms with van der Waals surface area (Å²) in [6.45, 7) is 0.952. The molecule has 1 amide bonds. The van der Waals surface area contributed by atoms with Crippen LogP contribution >= 0.6 is 0 Å². The molecular weight excluding hydrogens is 286 g/mol. The molecule has 0 aromatic heterocycles. The van der Waals surface area contributed by atoms with Gasteiger partial charge in [-0.1, -0.05) is 30.3 Å². The van der Waals surface area contributed by atoms with E-state index >= 15 is 0 Å². The summed E-state index contributed by atoms with van der Waals surface area (Å²) in [6, 6.07) is 9.57. The highest BCUT2D eigenvalue weighted by Crippen LogP contribution is 2.32. The lowest BCUT2D eigenvalue weighted by atomic mass is 9.81. The molecule has 1 heterocycles. The van der Waals surface area contributed by atoms with Gasteiger partial charge in [-0.3, -0.25) is 12.9 Å². The number of methoxy groups -OCH3 is 1. The largest absolute Gasteiger partial charge is 0.762 e. The molecule has 21 heavy (non-hydrogen) atoms. The number of ether oxygens (including phenoxy) is 1. The third-order valence-electron chi connectivity index (χ3n) is 3.31. The van der Waals surface area contributed by atoms with E-state index in [2.05, 4.69) is 4.74 Å². The summed E-state index contributed by atoms with van der Waals surface area (Å²) in [4.78, 5) is 24.4. The first kappa shape index (κ1) is 17.1. The number of hydrogen-bond acceptors (Lipinski definition) is 3. The lowest BCUT2D eigenvalue weighted by Gasteiger charge is -2.23. The van der Waals surface area contributed by atoms with Crippen LogP contribution in [0.5, 0.6) is 0 Å². The van der Waals surface area contributed by atoms with E-state index in [0.717, 1.165) is 11.8 Å². The minimum atomic E-state index is -3.67. The summed E-state index contributed by atoms with van der Waals surface area (Å²) >= 11 is 0. The fraction of sp³-hybridized carbons (Fsp3) is 0.385. The van der Waals surface area contributed by atoms with Crippen molar-refractivity contribution in [1.29, 1.82) is 0 Å². The second-order valence-electron chi connectivity index (χ2n) is 4.53. The summed E-state index contributed by atoms with van der Waals surface area (Å²) in [5, 5.41) is 0. The fourth-order valence-electron chi connectivity index (χ4n) is 2.29. The van der Waals surface area contributed by atoms with Crippen molar-refractivity contribution in [2.45, 2.75) is 11.8 Å². The van der Waals surface area contributed by atoms with Crippen LogP contribution in [0, 0.1) is 0 Å². The molecule has 1 aliphatic rings. The zero-order chi connectivity index (χ0) is 15.9. The van der Waals surface area contributed by atoms with Gasteiger partial charge >= 0.3 is 13.6 Å². The van der Waals surface area contributed by atoms with Gasteiger partial charge in [-0.2, -0.15) is 0 Å². The Morgan fingerprint density at radius 2 is 1.90 bits per heavy atom. The molecule has 0 bridgehead atoms. The molecule has 1 atom stereocenters. The number of carbonyl (C=O) groups is 2. The van der Waals surface area contributed by atoms with E-state index in [-0.39, 0.29) is 6.09 Å². The molecule has 4 nitrogen and oxygen atoms in total. The standard InChI is InChI=1S/C13H15NO3.BF3/c1-17-12(16)14-8-7-13(9-14,10-15)11-5-3-2-4-6-11;2-1(3)4/h2-6,10H,7-9H2,1H3;. The van der Waals surface area contributed by atoms with Crippen LogP contribution in [0.3, 0.4) is 0 Å². The van der Waals surface area contributed by atoms with Crippen molar-refractivity contribution in [3.63, 3.8) is 0 Å². The van der Waals surface area contributed by atoms with Crippen molar-refractivity contribution in [3.05, 3.63) is 35.9 Å². The van der Waals surface area contributed by atoms with Gasteiger partial charge in [0.2, 0.25) is 0 Å². The first-order valence-corrected chi connectivity index (χ1v) is 6.22. The maximum atomic E-state index is 11.4. The predicted octanol–water partition coefficient (Wildman–Crippen LogP) is 2.48. The minimum absolute atomic E-state index is 0.371. The van der Waals surface area contributed by atoms with Crippen molar-refractivity contribution >= 4 is 19.9 Å². The lowest BCUT2D eigenvalue weighted by Crippen LogP contribution is -2.35. The van der Waals surface area contributed by atoms with E-state index in [1.54, 1.807) is 4.90 Å². The number of rotatable bonds is 2. The van der Waals surface area contributed by atoms with Crippen LogP contribution in [0.4, 0.5) is 17.7 Å². The van der Waals surface area contributed by atoms with E-state index in [9.17, 15) is 22.5 Å². The zero-order valence-electron chi connectivity index (χ0n) is 11.5. The molecule has 8 heteroatoms. The maximum absolute atomic E-state index is 11.4. The number of benzene rings is 1. The average molecular weight is 301 g/mol. The van der Waals surface area contributed by atoms with E-state index < -0.39 is 13.0 Å². The molecule has 0 N–H and O–H groups in total. The molecule has 1 unspecified atom stereocenters. The molecule has 1 aromatic carbocycles. The third-order valence-corrected chi connectivity index (χ3v) is 3.31. The summed E-state index contributed by atoms with van der Waals surface area (Å²) in [5.41, 5.74) is 0.386. The number of likely N-dealkylation sites (tertiary alicyclic amines) is 1. The van der Waals surface area contributed by atoms with Crippen LogP contribution in [-0.4, -0.2) is 45.0 Å². The minimum Gasteiger partial charge on any atom is -0.453 e. The van der Waals surface area contributed by atoms with Gasteiger partial charge in [0.1, 0.15) is 6.29 Å². The van der Waals surface area contributed by atoms with Gasteiger partial charge < -0.3 is 14.4 Å². The highest BCUT2D eigenvalue weighted by atomic mass is 19.4. The SMILES string of the molecule is COC(=O)N1CCC(C=O)(c2ccccc2)C1.FB(F)F. The number of aldehydes is 1. The normalized spacial score (nSPS) is 20.3. The van der Waals surface area contributed by atoms with Gasteiger partial charge in [-0.05, 0) is 12.0 Å². The molecule has 1 saturated heterocycles. The van der Waals surface area contributed by atoms with E-state index in [4.69, 9.17) is 0 Å². The molecule has 2 rings (SSSR count). The summed E-state index contributed by atoms with van der Waals surface area (Å²) < 4.78 is 33.7. The van der Waals surface area contributed by atoms with E-state index in [1.807, 2.05) is 30.3 Å². The Hall–Kier alpha value is -1.99. The Labute approximate surface area is 121 Å². The quantitative estimate of drug-likeness (QED) is 0.623. The Balaban J connectivity index is 0.000000491. The second-order valence-corrected chi connectivity index (χ2v) is 4.53. The molecule has 0 spiro atoms. The summed E-state index contributed by atoms with van der Waals surface area (Å²) in [6.07, 6.45) is 1.23. The van der Waals surface area contributed by atoms with Crippen LogP contribution < -0.4 is 0 Å². The highest BCUT2D eigenvalue weighted by molar-refractivity contribution is 6.33. The molecule has 1 aliphatic heterocycles. The topological polar surface area (TPSA) is 46.6 Å². The molecule has 114 valence electrons. The smallest absolute Gasteiger partial charge is 0.453 e. The van der Waals surface area contributed by atoms with Crippen LogP contribution in [0.1, 0.15) is 12.0 Å². The zero-order valence-corrected chi connectivity index (χ0v) is 11.5. The number of hydrogen-bond donors (Lipinski definition) is 0. The van der Waals surface area contributed by atoms with Crippen molar-refractivity contribution < 1.29 is 27.3 Å². The van der Waals surface area contributed by atoms with E-state index in [1.165, 1.54) is 7.11 Å². The van der Waals surface area contributed by atoms with Crippen LogP contribution in [0.15, 0.2) is 30.3 Å². The molecule has 1 fully saturated rings. The second kappa shape index (κ2) is 7.71. The highest BCUT2D eigenvalue weighted by Gasteiger charge is 2.41. The Kier molecular flexibility index (Phi) is 6.26. The molecular formula is C13H15BF3NO3. The summed E-state index contributed by atoms with van der Waals surface area (Å²) in [7, 11) is -2.31. The fourth-order valence-corrected chi connectivity index (χ4v) is 2.29.